The Bertz CT molecular complexity index is 2760. The fourth-order valence-electron chi connectivity index (χ4n) is 10.5. The normalized spacial score (nSPS) is 20.3. The predicted octanol–water partition coefficient (Wildman–Crippen LogP) is 14.7. The van der Waals surface area contributed by atoms with Gasteiger partial charge >= 0.3 is 0 Å². The van der Waals surface area contributed by atoms with E-state index in [-0.39, 0.29) is 0 Å². The van der Waals surface area contributed by atoms with Crippen molar-refractivity contribution in [3.05, 3.63) is 246 Å². The van der Waals surface area contributed by atoms with Crippen LogP contribution in [0.2, 0.25) is 0 Å². The number of benzene rings is 6. The molecule has 58 heavy (non-hydrogen) atoms. The molecule has 0 spiro atoms. The molecule has 4 atom stereocenters. The molecular formula is C56H44N2. The van der Waals surface area contributed by atoms with Gasteiger partial charge in [-0.3, -0.25) is 0 Å². The van der Waals surface area contributed by atoms with Crippen LogP contribution in [0.15, 0.2) is 218 Å². The smallest absolute Gasteiger partial charge is 0.0531 e. The molecular weight excluding hydrogens is 701 g/mol. The van der Waals surface area contributed by atoms with E-state index in [0.29, 0.717) is 23.7 Å². The molecule has 0 saturated heterocycles. The molecule has 0 saturated carbocycles. The van der Waals surface area contributed by atoms with Crippen LogP contribution in [0.4, 0.5) is 22.7 Å². The van der Waals surface area contributed by atoms with Crippen molar-refractivity contribution in [3.8, 4) is 22.3 Å². The fourth-order valence-corrected chi connectivity index (χ4v) is 10.5. The second-order valence-corrected chi connectivity index (χ2v) is 16.0. The van der Waals surface area contributed by atoms with Crippen LogP contribution in [-0.4, -0.2) is 0 Å². The summed E-state index contributed by atoms with van der Waals surface area (Å²) in [4.78, 5) is 4.78. The van der Waals surface area contributed by atoms with Crippen molar-refractivity contribution >= 4 is 28.8 Å². The first-order chi connectivity index (χ1) is 28.8. The zero-order valence-corrected chi connectivity index (χ0v) is 32.5. The van der Waals surface area contributed by atoms with Crippen LogP contribution in [0.3, 0.4) is 0 Å². The van der Waals surface area contributed by atoms with Gasteiger partial charge in [0.15, 0.2) is 0 Å². The molecule has 6 aromatic rings. The summed E-state index contributed by atoms with van der Waals surface area (Å²) in [5, 5.41) is 0. The molecule has 0 heterocycles. The maximum absolute atomic E-state index is 3.87. The van der Waals surface area contributed by atoms with E-state index in [9.17, 15) is 0 Å². The topological polar surface area (TPSA) is 6.48 Å². The quantitative estimate of drug-likeness (QED) is 0.136. The molecule has 0 aliphatic heterocycles. The molecule has 2 nitrogen and oxygen atoms in total. The standard InChI is InChI=1S/C56H44N2/c1-2-3-4-12-37-57(53-35-33-49-45-19-10-8-17-43(45)47-21-13-23-51(53)55(47)49)40-29-25-38(26-30-40)39-27-31-42(32-28-39)58(41-15-6-5-7-16-41)54-36-34-50-46-20-11-9-18-44(46)48-22-14-24-52(54)56(48)50/h2-20,23-37,47-48,50,56H,1,21-22H2. The minimum atomic E-state index is 0.403. The molecule has 11 rings (SSSR count). The number of fused-ring (bicyclic) bond motifs is 6. The highest BCUT2D eigenvalue weighted by atomic mass is 15.2. The lowest BCUT2D eigenvalue weighted by atomic mass is 9.73. The van der Waals surface area contributed by atoms with Crippen LogP contribution >= 0.6 is 0 Å². The molecule has 2 heteroatoms. The van der Waals surface area contributed by atoms with Gasteiger partial charge in [0.1, 0.15) is 0 Å². The highest BCUT2D eigenvalue weighted by molar-refractivity contribution is 5.90. The van der Waals surface area contributed by atoms with Gasteiger partial charge in [-0.15, -0.1) is 0 Å². The van der Waals surface area contributed by atoms with Gasteiger partial charge in [-0.25, -0.2) is 0 Å². The molecule has 0 bridgehead atoms. The molecule has 6 aromatic carbocycles. The summed E-state index contributed by atoms with van der Waals surface area (Å²) in [6.45, 7) is 3.87. The first-order valence-electron chi connectivity index (χ1n) is 20.7. The zero-order valence-electron chi connectivity index (χ0n) is 32.5. The lowest BCUT2D eigenvalue weighted by Gasteiger charge is -2.37. The Morgan fingerprint density at radius 2 is 1.24 bits per heavy atom. The average Bonchev–Trinajstić information content (AvgIpc) is 3.80. The fraction of sp³-hybridized carbons (Fsp3) is 0.107. The van der Waals surface area contributed by atoms with Crippen molar-refractivity contribution in [2.45, 2.75) is 30.6 Å². The number of nitrogens with zero attached hydrogens (tertiary/aromatic N) is 2. The number of allylic oxidation sites excluding steroid dienone is 10. The number of hydrogen-bond acceptors (Lipinski definition) is 2. The summed E-state index contributed by atoms with van der Waals surface area (Å²) >= 11 is 0. The van der Waals surface area contributed by atoms with Crippen LogP contribution in [0.25, 0.3) is 28.3 Å². The summed E-state index contributed by atoms with van der Waals surface area (Å²) in [5.74, 6) is 1.82. The Morgan fingerprint density at radius 3 is 2.03 bits per heavy atom. The number of hydrogen-bond donors (Lipinski definition) is 0. The Kier molecular flexibility index (Phi) is 8.43. The highest BCUT2D eigenvalue weighted by Crippen LogP contribution is 2.57. The van der Waals surface area contributed by atoms with E-state index < -0.39 is 0 Å². The molecule has 278 valence electrons. The summed E-state index contributed by atoms with van der Waals surface area (Å²) in [7, 11) is 0. The van der Waals surface area contributed by atoms with Crippen molar-refractivity contribution in [2.24, 2.45) is 5.92 Å². The van der Waals surface area contributed by atoms with Crippen LogP contribution in [-0.2, 0) is 0 Å². The third-order valence-electron chi connectivity index (χ3n) is 13.0. The van der Waals surface area contributed by atoms with Crippen molar-refractivity contribution in [2.75, 3.05) is 9.80 Å². The van der Waals surface area contributed by atoms with Crippen molar-refractivity contribution in [1.82, 2.24) is 0 Å². The van der Waals surface area contributed by atoms with Crippen LogP contribution < -0.4 is 9.80 Å². The Balaban J connectivity index is 0.929. The maximum Gasteiger partial charge on any atom is 0.0531 e. The van der Waals surface area contributed by atoms with Gasteiger partial charge in [0.25, 0.3) is 0 Å². The summed E-state index contributed by atoms with van der Waals surface area (Å²) in [6.07, 6.45) is 26.6. The first-order valence-corrected chi connectivity index (χ1v) is 20.7. The molecule has 0 fully saturated rings. The Labute approximate surface area is 342 Å². The van der Waals surface area contributed by atoms with Crippen molar-refractivity contribution in [1.29, 1.82) is 0 Å². The maximum atomic E-state index is 3.87. The van der Waals surface area contributed by atoms with Crippen LogP contribution in [0, 0.1) is 5.92 Å². The number of anilines is 4. The Morgan fingerprint density at radius 1 is 0.552 bits per heavy atom. The molecule has 5 aliphatic rings. The third-order valence-corrected chi connectivity index (χ3v) is 13.0. The summed E-state index contributed by atoms with van der Waals surface area (Å²) < 4.78 is 0. The lowest BCUT2D eigenvalue weighted by Crippen LogP contribution is -2.26. The van der Waals surface area contributed by atoms with E-state index >= 15 is 0 Å². The SMILES string of the molecule is C=CC=CC=CN(c1ccc(-c2ccc(N(C3=C4C=CCC5c6ccccc6C(C=C3)C45)c3ccccc3)cc2)cc1)c1ccc2c3c1C=CCC3c1ccccc1-2. The first kappa shape index (κ1) is 34.4. The second kappa shape index (κ2) is 14.2. The van der Waals surface area contributed by atoms with E-state index in [1.165, 1.54) is 72.7 Å². The van der Waals surface area contributed by atoms with Gasteiger partial charge in [0.2, 0.25) is 0 Å². The third kappa shape index (κ3) is 5.55. The molecule has 0 N–H and O–H groups in total. The molecule has 5 aliphatic carbocycles. The van der Waals surface area contributed by atoms with Crippen molar-refractivity contribution < 1.29 is 0 Å². The number of para-hydroxylation sites is 1. The van der Waals surface area contributed by atoms with Gasteiger partial charge in [-0.1, -0.05) is 152 Å². The molecule has 4 unspecified atom stereocenters. The van der Waals surface area contributed by atoms with Crippen molar-refractivity contribution in [3.63, 3.8) is 0 Å². The molecule has 0 amide bonds. The van der Waals surface area contributed by atoms with Gasteiger partial charge in [0.05, 0.1) is 5.69 Å². The minimum absolute atomic E-state index is 0.403. The van der Waals surface area contributed by atoms with E-state index in [1.54, 1.807) is 0 Å². The summed E-state index contributed by atoms with van der Waals surface area (Å²) in [6, 6.07) is 51.6. The second-order valence-electron chi connectivity index (χ2n) is 16.0. The zero-order chi connectivity index (χ0) is 38.6. The Hall–Kier alpha value is -6.90. The lowest BCUT2D eigenvalue weighted by molar-refractivity contribution is 0.480. The minimum Gasteiger partial charge on any atom is -0.317 e. The molecule has 0 radical (unpaired) electrons. The molecule has 0 aromatic heterocycles. The number of rotatable bonds is 9. The van der Waals surface area contributed by atoms with Gasteiger partial charge in [-0.2, -0.15) is 0 Å². The van der Waals surface area contributed by atoms with E-state index in [0.717, 1.165) is 24.2 Å². The van der Waals surface area contributed by atoms with Gasteiger partial charge in [0, 0.05) is 52.3 Å². The monoisotopic (exact) mass is 744 g/mol. The van der Waals surface area contributed by atoms with Crippen LogP contribution in [0.5, 0.6) is 0 Å². The van der Waals surface area contributed by atoms with Gasteiger partial charge < -0.3 is 9.80 Å². The van der Waals surface area contributed by atoms with E-state index in [2.05, 4.69) is 205 Å². The average molecular weight is 745 g/mol. The van der Waals surface area contributed by atoms with E-state index in [1.807, 2.05) is 18.2 Å². The summed E-state index contributed by atoms with van der Waals surface area (Å²) in [5.41, 5.74) is 19.7. The van der Waals surface area contributed by atoms with Gasteiger partial charge in [-0.05, 0) is 123 Å². The highest BCUT2D eigenvalue weighted by Gasteiger charge is 2.44. The van der Waals surface area contributed by atoms with Crippen LogP contribution in [0.1, 0.15) is 58.4 Å². The predicted molar refractivity (Wildman–Crippen MR) is 244 cm³/mol. The van der Waals surface area contributed by atoms with E-state index in [4.69, 9.17) is 0 Å². The largest absolute Gasteiger partial charge is 0.317 e.